The van der Waals surface area contributed by atoms with Crippen molar-refractivity contribution in [3.8, 4) is 11.5 Å². The van der Waals surface area contributed by atoms with Gasteiger partial charge < -0.3 is 0 Å². The van der Waals surface area contributed by atoms with Crippen LogP contribution in [0.5, 0.6) is 0 Å². The molecule has 0 aliphatic heterocycles. The molecule has 1 rings (SSSR count). The van der Waals surface area contributed by atoms with E-state index in [0.29, 0.717) is 0 Å². The van der Waals surface area contributed by atoms with Crippen molar-refractivity contribution in [1.82, 2.24) is 0 Å². The minimum Gasteiger partial charge on any atom is 0 e. The minimum absolute atomic E-state index is 0. The summed E-state index contributed by atoms with van der Waals surface area (Å²) in [7, 11) is -1.16. The molecule has 0 fully saturated rings. The Balaban J connectivity index is -0.000000123. The van der Waals surface area contributed by atoms with Gasteiger partial charge in [0.1, 0.15) is 8.07 Å². The van der Waals surface area contributed by atoms with E-state index in [0.717, 1.165) is 0 Å². The van der Waals surface area contributed by atoms with Crippen molar-refractivity contribution in [3.63, 3.8) is 0 Å². The number of halogens is 1. The Labute approximate surface area is 133 Å². The summed E-state index contributed by atoms with van der Waals surface area (Å²) in [6.07, 6.45) is 4.17. The van der Waals surface area contributed by atoms with E-state index in [4.69, 9.17) is 14.0 Å². The summed E-state index contributed by atoms with van der Waals surface area (Å²) in [6, 6.07) is 0. The smallest absolute Gasteiger partial charge is 0 e. The molecule has 0 amide bonds. The van der Waals surface area contributed by atoms with Crippen LogP contribution in [0.25, 0.3) is 0 Å². The van der Waals surface area contributed by atoms with Crippen LogP contribution < -0.4 is 0 Å². The molecule has 0 heterocycles. The summed E-state index contributed by atoms with van der Waals surface area (Å²) >= 11 is 2.31. The van der Waals surface area contributed by atoms with Crippen LogP contribution in [0.3, 0.4) is 0 Å². The summed E-state index contributed by atoms with van der Waals surface area (Å²) in [6.45, 7) is 20.3. The van der Waals surface area contributed by atoms with Gasteiger partial charge in [-0.15, -0.1) is 5.54 Å². The van der Waals surface area contributed by atoms with E-state index < -0.39 is 8.07 Å². The molecule has 1 aliphatic carbocycles. The fraction of sp³-hybridized carbons (Fsp3) is 0.250. The Bertz CT molecular complexity index is 389. The number of rotatable bonds is 0. The monoisotopic (exact) mass is 414 g/mol. The summed E-state index contributed by atoms with van der Waals surface area (Å²) < 4.78 is 23.8. The third-order valence-electron chi connectivity index (χ3n) is 1.23. The molecule has 0 saturated heterocycles. The van der Waals surface area contributed by atoms with Crippen molar-refractivity contribution in [2.75, 3.05) is 0 Å². The van der Waals surface area contributed by atoms with Gasteiger partial charge in [-0.3, -0.25) is 0 Å². The van der Waals surface area contributed by atoms with Gasteiger partial charge in [-0.05, 0) is 34.7 Å². The Morgan fingerprint density at radius 3 is 1.56 bits per heavy atom. The molecule has 0 N–H and O–H groups in total. The number of hydrogen-bond acceptors (Lipinski definition) is 0. The quantitative estimate of drug-likeness (QED) is 0.193. The van der Waals surface area contributed by atoms with E-state index in [2.05, 4.69) is 85.8 Å². The number of hydrogen-bond donors (Lipinski definition) is 0. The fourth-order valence-corrected chi connectivity index (χ4v) is 1.59. The average Bonchev–Trinajstić information content (AvgIpc) is 2.33. The van der Waals surface area contributed by atoms with Crippen LogP contribution in [-0.2, 0) is 31.0 Å². The van der Waals surface area contributed by atoms with E-state index in [1.54, 1.807) is 0 Å². The van der Waals surface area contributed by atoms with Gasteiger partial charge in [0.05, 0.1) is 0 Å². The van der Waals surface area contributed by atoms with Crippen LogP contribution in [0.4, 0.5) is 0 Å². The molecule has 6 heteroatoms. The second kappa shape index (κ2) is 16.7. The maximum Gasteiger partial charge on any atom is 0 e. The Morgan fingerprint density at radius 1 is 1.00 bits per heavy atom. The van der Waals surface area contributed by atoms with Crippen LogP contribution >= 0.6 is 22.6 Å². The van der Waals surface area contributed by atoms with Crippen molar-refractivity contribution in [2.45, 2.75) is 19.6 Å². The van der Waals surface area contributed by atoms with E-state index in [9.17, 15) is 0 Å². The molecule has 0 aromatic heterocycles. The van der Waals surface area contributed by atoms with Gasteiger partial charge in [0.25, 0.3) is 0 Å². The van der Waals surface area contributed by atoms with Crippen molar-refractivity contribution in [2.24, 2.45) is 0 Å². The topological polar surface area (TPSA) is 59.7 Å². The van der Waals surface area contributed by atoms with E-state index in [1.165, 1.54) is 9.15 Å². The molecule has 0 aromatic carbocycles. The van der Waals surface area contributed by atoms with Crippen LogP contribution in [0.1, 0.15) is 0 Å². The summed E-state index contributed by atoms with van der Waals surface area (Å²) in [5.41, 5.74) is 4.54. The second-order valence-electron chi connectivity index (χ2n) is 3.59. The first-order valence-electron chi connectivity index (χ1n) is 4.21. The molecule has 0 aromatic rings. The van der Waals surface area contributed by atoms with Gasteiger partial charge in [-0.2, -0.15) is 0 Å². The molecular weight excluding hydrogens is 403 g/mol. The maximum absolute atomic E-state index is 7.50. The summed E-state index contributed by atoms with van der Waals surface area (Å²) in [5, 5.41) is 0. The molecule has 0 saturated carbocycles. The molecule has 96 valence electrons. The fourth-order valence-electron chi connectivity index (χ4n) is 0.586. The second-order valence-corrected chi connectivity index (χ2v) is 9.51. The molecule has 0 radical (unpaired) electrons. The van der Waals surface area contributed by atoms with Crippen LogP contribution in [0, 0.1) is 31.4 Å². The van der Waals surface area contributed by atoms with Crippen molar-refractivity contribution in [3.05, 3.63) is 41.3 Å². The third-order valence-corrected chi connectivity index (χ3v) is 3.04. The predicted octanol–water partition coefficient (Wildman–Crippen LogP) is 3.01. The molecular formula is C12H11FeIO3Si. The molecule has 1 aliphatic rings. The molecule has 0 atom stereocenters. The number of allylic oxidation sites excluding steroid dienone is 4. The molecule has 0 spiro atoms. The first-order chi connectivity index (χ1) is 7.99. The van der Waals surface area contributed by atoms with Gasteiger partial charge >= 0.3 is 33.9 Å². The van der Waals surface area contributed by atoms with Gasteiger partial charge in [-0.1, -0.05) is 25.6 Å². The zero-order valence-corrected chi connectivity index (χ0v) is 14.4. The predicted molar refractivity (Wildman–Crippen MR) is 73.1 cm³/mol. The third kappa shape index (κ3) is 15.7. The van der Waals surface area contributed by atoms with Gasteiger partial charge in [0.15, 0.2) is 0 Å². The molecule has 18 heavy (non-hydrogen) atoms. The van der Waals surface area contributed by atoms with Gasteiger partial charge in [0.2, 0.25) is 0 Å². The molecule has 0 bridgehead atoms. The van der Waals surface area contributed by atoms with E-state index in [1.807, 2.05) is 0 Å². The Hall–Kier alpha value is -0.274. The standard InChI is InChI=1S/C9H11ISi.3CO.Fe/c1-11(2,3)7-6-8-4-5-9(8)10;3*1-2;/h4-5H,1-3H3;;;;. The van der Waals surface area contributed by atoms with E-state index >= 15 is 0 Å². The van der Waals surface area contributed by atoms with Crippen molar-refractivity contribution >= 4 is 30.7 Å². The minimum atomic E-state index is -1.16. The van der Waals surface area contributed by atoms with Gasteiger partial charge in [-0.25, -0.2) is 0 Å². The van der Waals surface area contributed by atoms with Crippen LogP contribution in [0.15, 0.2) is 21.3 Å². The largest absolute Gasteiger partial charge is 0 e. The van der Waals surface area contributed by atoms with Crippen LogP contribution in [0.2, 0.25) is 19.6 Å². The normalized spacial score (nSPS) is 9.89. The summed E-state index contributed by atoms with van der Waals surface area (Å²) in [4.78, 5) is 0. The SMILES string of the molecule is C[Si](C)(C)C#CC1=C(I)C=C1.[C-]#[O+].[C-]#[O+].[C-]#[O+].[Fe]. The summed E-state index contributed by atoms with van der Waals surface area (Å²) in [5.74, 6) is 3.21. The zero-order chi connectivity index (χ0) is 14.5. The Morgan fingerprint density at radius 2 is 1.39 bits per heavy atom. The first-order valence-corrected chi connectivity index (χ1v) is 8.79. The molecule has 0 unspecified atom stereocenters. The maximum atomic E-state index is 7.50. The first kappa shape index (κ1) is 26.3. The Kier molecular flexibility index (Phi) is 24.5. The average molecular weight is 414 g/mol. The van der Waals surface area contributed by atoms with Crippen molar-refractivity contribution < 1.29 is 31.0 Å². The van der Waals surface area contributed by atoms with Crippen LogP contribution in [-0.4, -0.2) is 8.07 Å². The van der Waals surface area contributed by atoms with Gasteiger partial charge in [0, 0.05) is 26.2 Å². The van der Waals surface area contributed by atoms with Crippen molar-refractivity contribution in [1.29, 1.82) is 0 Å². The zero-order valence-electron chi connectivity index (χ0n) is 10.1. The molecule has 3 nitrogen and oxygen atoms in total. The van der Waals surface area contributed by atoms with E-state index in [-0.39, 0.29) is 17.1 Å².